The number of rotatable bonds is 13. The van der Waals surface area contributed by atoms with Crippen LogP contribution >= 0.6 is 0 Å². The number of guanidine groups is 1. The average molecular weight is 773 g/mol. The number of carboxylic acid groups (broad SMARTS) is 1. The first-order valence-electron chi connectivity index (χ1n) is 19.9. The van der Waals surface area contributed by atoms with Gasteiger partial charge in [-0.05, 0) is 73.2 Å². The molecule has 0 amide bonds. The minimum absolute atomic E-state index is 0.00372. The van der Waals surface area contributed by atoms with Crippen LogP contribution in [0.4, 0.5) is 0 Å². The summed E-state index contributed by atoms with van der Waals surface area (Å²) in [5.74, 6) is -7.33. The molecule has 56 heavy (non-hydrogen) atoms. The smallest absolute Gasteiger partial charge is 0.314 e. The predicted molar refractivity (Wildman–Crippen MR) is 213 cm³/mol. The molecule has 0 heterocycles. The Morgan fingerprint density at radius 1 is 1.05 bits per heavy atom. The number of nitrogens with zero attached hydrogens (tertiary/aromatic N) is 1. The van der Waals surface area contributed by atoms with Crippen molar-refractivity contribution < 1.29 is 39.6 Å². The van der Waals surface area contributed by atoms with Gasteiger partial charge in [-0.15, -0.1) is 0 Å². The summed E-state index contributed by atoms with van der Waals surface area (Å²) in [5.41, 5.74) is 6.06. The van der Waals surface area contributed by atoms with E-state index in [1.54, 1.807) is 19.2 Å². The third kappa shape index (κ3) is 5.88. The number of aliphatic carboxylic acids is 1. The van der Waals surface area contributed by atoms with Crippen LogP contribution in [0.25, 0.3) is 6.08 Å². The van der Waals surface area contributed by atoms with Crippen LogP contribution in [0.3, 0.4) is 0 Å². The lowest BCUT2D eigenvalue weighted by molar-refractivity contribution is -0.162. The van der Waals surface area contributed by atoms with Crippen LogP contribution in [0, 0.1) is 57.2 Å². The first kappa shape index (κ1) is 41.7. The predicted octanol–water partition coefficient (Wildman–Crippen LogP) is 3.44. The van der Waals surface area contributed by atoms with Gasteiger partial charge >= 0.3 is 5.97 Å². The number of fused-ring (bicyclic) bond motifs is 2. The van der Waals surface area contributed by atoms with Gasteiger partial charge in [0.25, 0.3) is 0 Å². The molecule has 12 nitrogen and oxygen atoms in total. The number of hydrogen-bond donors (Lipinski definition) is 7. The summed E-state index contributed by atoms with van der Waals surface area (Å²) < 4.78 is 0. The maximum Gasteiger partial charge on any atom is 0.314 e. The third-order valence-corrected chi connectivity index (χ3v) is 15.5. The number of aliphatic hydroxyl groups is 3. The summed E-state index contributed by atoms with van der Waals surface area (Å²) in [6.45, 7) is 11.6. The van der Waals surface area contributed by atoms with Gasteiger partial charge in [0, 0.05) is 53.0 Å². The minimum atomic E-state index is -1.77. The van der Waals surface area contributed by atoms with Crippen molar-refractivity contribution in [2.24, 2.45) is 73.6 Å². The van der Waals surface area contributed by atoms with Crippen molar-refractivity contribution in [3.63, 3.8) is 0 Å². The first-order valence-corrected chi connectivity index (χ1v) is 19.9. The number of hydrogen-bond acceptors (Lipinski definition) is 9. The zero-order valence-corrected chi connectivity index (χ0v) is 33.7. The molecule has 12 atom stereocenters. The Morgan fingerprint density at radius 2 is 1.71 bits per heavy atom. The number of ketones is 3. The number of carbonyl (C=O) groups is 4. The Balaban J connectivity index is 1.53. The quantitative estimate of drug-likeness (QED) is 0.0666. The van der Waals surface area contributed by atoms with Crippen molar-refractivity contribution in [1.29, 1.82) is 0 Å². The molecule has 0 saturated heterocycles. The van der Waals surface area contributed by atoms with E-state index >= 15 is 4.79 Å². The first-order chi connectivity index (χ1) is 26.1. The van der Waals surface area contributed by atoms with Gasteiger partial charge in [-0.2, -0.15) is 0 Å². The van der Waals surface area contributed by atoms with Crippen LogP contribution in [0.15, 0.2) is 64.7 Å². The summed E-state index contributed by atoms with van der Waals surface area (Å²) in [6, 6.07) is 9.70. The fourth-order valence-corrected chi connectivity index (χ4v) is 12.5. The van der Waals surface area contributed by atoms with Crippen LogP contribution in [0.5, 0.6) is 0 Å². The summed E-state index contributed by atoms with van der Waals surface area (Å²) in [5, 5.41) is 51.1. The molecule has 0 bridgehead atoms. The van der Waals surface area contributed by atoms with Crippen molar-refractivity contribution in [1.82, 2.24) is 5.32 Å². The van der Waals surface area contributed by atoms with E-state index in [0.717, 1.165) is 5.56 Å². The van der Waals surface area contributed by atoms with Crippen LogP contribution in [0.2, 0.25) is 0 Å². The number of aliphatic hydroxyl groups excluding tert-OH is 1. The molecule has 0 aromatic heterocycles. The van der Waals surface area contributed by atoms with Crippen LogP contribution < -0.4 is 16.8 Å². The van der Waals surface area contributed by atoms with Gasteiger partial charge in [-0.3, -0.25) is 24.2 Å². The van der Waals surface area contributed by atoms with Crippen LogP contribution in [0.1, 0.15) is 79.2 Å². The molecule has 1 aromatic carbocycles. The molecule has 9 N–H and O–H groups in total. The van der Waals surface area contributed by atoms with Crippen molar-refractivity contribution in [2.45, 2.75) is 91.0 Å². The lowest BCUT2D eigenvalue weighted by atomic mass is 9.36. The van der Waals surface area contributed by atoms with E-state index in [9.17, 15) is 34.8 Å². The zero-order valence-electron chi connectivity index (χ0n) is 33.7. The largest absolute Gasteiger partial charge is 0.481 e. The van der Waals surface area contributed by atoms with Crippen LogP contribution in [-0.4, -0.2) is 87.1 Å². The fraction of sp³-hybridized carbons (Fsp3) is 0.614. The highest BCUT2D eigenvalue weighted by molar-refractivity contribution is 6.02. The number of carbonyl (C=O) groups excluding carboxylic acids is 3. The monoisotopic (exact) mass is 772 g/mol. The molecule has 2 saturated carbocycles. The molecule has 12 unspecified atom stereocenters. The van der Waals surface area contributed by atoms with Crippen molar-refractivity contribution in [3.8, 4) is 0 Å². The van der Waals surface area contributed by atoms with Crippen molar-refractivity contribution >= 4 is 35.4 Å². The highest BCUT2D eigenvalue weighted by Crippen LogP contribution is 2.78. The lowest BCUT2D eigenvalue weighted by Gasteiger charge is -2.68. The van der Waals surface area contributed by atoms with Gasteiger partial charge in [0.1, 0.15) is 23.4 Å². The molecule has 2 fully saturated rings. The van der Waals surface area contributed by atoms with Crippen LogP contribution in [-0.2, 0) is 19.2 Å². The maximum atomic E-state index is 15.1. The number of Topliss-reactive ketones (excluding diaryl/α,β-unsaturated/α-hetero) is 3. The second-order valence-electron chi connectivity index (χ2n) is 18.5. The zero-order chi connectivity index (χ0) is 41.4. The number of nitrogens with two attached hydrogens (primary N) is 2. The molecule has 0 aliphatic heterocycles. The topological polar surface area (TPSA) is 226 Å². The van der Waals surface area contributed by atoms with Gasteiger partial charge in [0.2, 0.25) is 0 Å². The molecule has 304 valence electrons. The van der Waals surface area contributed by atoms with E-state index in [1.165, 1.54) is 0 Å². The number of aliphatic imine (C=N–C) groups is 1. The molecule has 12 heteroatoms. The Labute approximate surface area is 329 Å². The lowest BCUT2D eigenvalue weighted by Crippen LogP contribution is -2.69. The summed E-state index contributed by atoms with van der Waals surface area (Å²) in [4.78, 5) is 59.1. The Bertz CT molecular complexity index is 1920. The number of allylic oxidation sites excluding steroid dienone is 1. The normalized spacial score (nSPS) is 37.7. The minimum Gasteiger partial charge on any atom is -0.481 e. The van der Waals surface area contributed by atoms with E-state index < -0.39 is 86.2 Å². The molecule has 1 aromatic rings. The molecular weight excluding hydrogens is 713 g/mol. The standard InChI is InChI=1S/C44H60N4O8/c1-24(27(23-48-38(45)46)34(52)33(51)26(37(53)54)16-20-47-7)29-21-43(55)18-19-44(56)28(14-13-25-11-9-8-10-12-25)35-39(2,3)31(50)15-17-40(35,4)32-30(49)22-41(29,5)42(43,6)36(32)44/h8-14,18-19,24,26-29,34-35,47,52,55-56H,15-17,20-23H2,1-7H3,(H,53,54)(H4,45,46,48). The maximum absolute atomic E-state index is 15.1. The molecule has 5 aliphatic carbocycles. The van der Waals surface area contributed by atoms with E-state index in [4.69, 9.17) is 11.5 Å². The van der Waals surface area contributed by atoms with Gasteiger partial charge < -0.3 is 37.2 Å². The molecule has 0 spiro atoms. The SMILES string of the molecule is CNCCC(C(=O)O)C(=O)C(O)C(CN=C(N)N)C(C)C1CC2(O)C=CC3(O)C4=C(C(=O)CC1(C)C42C)C1(C)CCC(=O)C(C)(C)C1C3C=Cc1ccccc1. The number of carboxylic acids is 1. The van der Waals surface area contributed by atoms with Gasteiger partial charge in [-0.1, -0.05) is 90.1 Å². The van der Waals surface area contributed by atoms with Gasteiger partial charge in [-0.25, -0.2) is 0 Å². The van der Waals surface area contributed by atoms with Gasteiger partial charge in [0.05, 0.1) is 5.60 Å². The second-order valence-corrected chi connectivity index (χ2v) is 18.5. The van der Waals surface area contributed by atoms with E-state index in [1.807, 2.05) is 84.0 Å². The van der Waals surface area contributed by atoms with E-state index in [-0.39, 0.29) is 56.3 Å². The highest BCUT2D eigenvalue weighted by atomic mass is 16.4. The van der Waals surface area contributed by atoms with E-state index in [0.29, 0.717) is 17.6 Å². The number of nitrogens with one attached hydrogen (secondary N) is 1. The highest BCUT2D eigenvalue weighted by Gasteiger charge is 2.78. The third-order valence-electron chi connectivity index (χ3n) is 15.5. The van der Waals surface area contributed by atoms with Crippen molar-refractivity contribution in [3.05, 3.63) is 65.3 Å². The Kier molecular flexibility index (Phi) is 10.5. The molecular formula is C44H60N4O8. The summed E-state index contributed by atoms with van der Waals surface area (Å²) in [6.07, 6.45) is 6.24. The summed E-state index contributed by atoms with van der Waals surface area (Å²) in [7, 11) is 1.64. The second kappa shape index (κ2) is 14.1. The summed E-state index contributed by atoms with van der Waals surface area (Å²) >= 11 is 0. The Morgan fingerprint density at radius 3 is 2.32 bits per heavy atom. The molecule has 0 radical (unpaired) electrons. The molecule has 6 rings (SSSR count). The van der Waals surface area contributed by atoms with Gasteiger partial charge in [0.15, 0.2) is 17.5 Å². The fourth-order valence-electron chi connectivity index (χ4n) is 12.5. The average Bonchev–Trinajstić information content (AvgIpc) is 3.31. The molecule has 5 aliphatic rings. The Hall–Kier alpha value is -3.97. The van der Waals surface area contributed by atoms with E-state index in [2.05, 4.69) is 10.3 Å². The number of benzene rings is 1. The van der Waals surface area contributed by atoms with Crippen molar-refractivity contribution in [2.75, 3.05) is 20.1 Å².